The molecular formula is C9H10Cl2O2S. The predicted molar refractivity (Wildman–Crippen MR) is 59.7 cm³/mol. The lowest BCUT2D eigenvalue weighted by molar-refractivity contribution is 0.596. The summed E-state index contributed by atoms with van der Waals surface area (Å²) < 4.78 is 22.8. The van der Waals surface area contributed by atoms with Gasteiger partial charge in [-0.05, 0) is 11.6 Å². The van der Waals surface area contributed by atoms with Crippen molar-refractivity contribution in [1.29, 1.82) is 0 Å². The van der Waals surface area contributed by atoms with Crippen LogP contribution in [0.2, 0.25) is 5.02 Å². The van der Waals surface area contributed by atoms with Gasteiger partial charge in [0.1, 0.15) is 0 Å². The summed E-state index contributed by atoms with van der Waals surface area (Å²) in [6, 6.07) is 6.90. The zero-order valence-electron chi connectivity index (χ0n) is 7.41. The summed E-state index contributed by atoms with van der Waals surface area (Å²) in [6.45, 7) is 0. The molecule has 0 bridgehead atoms. The second kappa shape index (κ2) is 5.01. The average molecular weight is 253 g/mol. The van der Waals surface area contributed by atoms with Gasteiger partial charge in [0, 0.05) is 10.9 Å². The number of benzene rings is 1. The Balaban J connectivity index is 2.84. The lowest BCUT2D eigenvalue weighted by atomic mass is 10.2. The molecule has 0 unspecified atom stereocenters. The Kier molecular flexibility index (Phi) is 4.23. The van der Waals surface area contributed by atoms with E-state index in [4.69, 9.17) is 23.2 Å². The van der Waals surface area contributed by atoms with Crippen LogP contribution in [-0.4, -0.2) is 20.1 Å². The smallest absolute Gasteiger partial charge is 0.155 e. The molecule has 5 heteroatoms. The van der Waals surface area contributed by atoms with E-state index in [1.54, 1.807) is 24.3 Å². The maximum absolute atomic E-state index is 11.4. The first-order chi connectivity index (χ1) is 6.55. The largest absolute Gasteiger partial charge is 0.228 e. The summed E-state index contributed by atoms with van der Waals surface area (Å²) >= 11 is 11.2. The fraction of sp³-hybridized carbons (Fsp3) is 0.333. The summed E-state index contributed by atoms with van der Waals surface area (Å²) in [5.74, 6) is 0.0615. The predicted octanol–water partition coefficient (Wildman–Crippen LogP) is 2.49. The van der Waals surface area contributed by atoms with Crippen LogP contribution < -0.4 is 0 Å². The molecule has 0 atom stereocenters. The van der Waals surface area contributed by atoms with E-state index >= 15 is 0 Å². The van der Waals surface area contributed by atoms with E-state index in [0.29, 0.717) is 10.6 Å². The van der Waals surface area contributed by atoms with Crippen LogP contribution in [0.1, 0.15) is 5.56 Å². The second-order valence-corrected chi connectivity index (χ2v) is 5.84. The monoisotopic (exact) mass is 252 g/mol. The van der Waals surface area contributed by atoms with Crippen molar-refractivity contribution in [3.05, 3.63) is 34.9 Å². The normalized spacial score (nSPS) is 11.6. The number of halogens is 2. The van der Waals surface area contributed by atoms with Crippen molar-refractivity contribution >= 4 is 33.0 Å². The Morgan fingerprint density at radius 2 is 1.86 bits per heavy atom. The molecular weight excluding hydrogens is 243 g/mol. The van der Waals surface area contributed by atoms with Crippen LogP contribution in [0, 0.1) is 0 Å². The Morgan fingerprint density at radius 1 is 1.21 bits per heavy atom. The maximum atomic E-state index is 11.4. The number of hydrogen-bond donors (Lipinski definition) is 0. The SMILES string of the molecule is O=S(=O)(CCCl)Cc1ccccc1Cl. The quantitative estimate of drug-likeness (QED) is 0.772. The van der Waals surface area contributed by atoms with Crippen molar-refractivity contribution in [2.75, 3.05) is 11.6 Å². The Morgan fingerprint density at radius 3 is 2.43 bits per heavy atom. The highest BCUT2D eigenvalue weighted by molar-refractivity contribution is 7.90. The third kappa shape index (κ3) is 3.48. The molecule has 14 heavy (non-hydrogen) atoms. The van der Waals surface area contributed by atoms with Crippen molar-refractivity contribution in [1.82, 2.24) is 0 Å². The summed E-state index contributed by atoms with van der Waals surface area (Å²) in [7, 11) is -3.12. The van der Waals surface area contributed by atoms with Crippen molar-refractivity contribution in [3.63, 3.8) is 0 Å². The van der Waals surface area contributed by atoms with Gasteiger partial charge in [-0.3, -0.25) is 0 Å². The van der Waals surface area contributed by atoms with Crippen molar-refractivity contribution in [2.24, 2.45) is 0 Å². The standard InChI is InChI=1S/C9H10Cl2O2S/c10-5-6-14(12,13)7-8-3-1-2-4-9(8)11/h1-4H,5-7H2. The molecule has 0 amide bonds. The molecule has 0 fully saturated rings. The third-order valence-corrected chi connectivity index (χ3v) is 4.08. The molecule has 0 aliphatic heterocycles. The molecule has 0 aliphatic rings. The molecule has 78 valence electrons. The molecule has 0 aliphatic carbocycles. The molecule has 0 spiro atoms. The van der Waals surface area contributed by atoms with E-state index in [-0.39, 0.29) is 17.4 Å². The lowest BCUT2D eigenvalue weighted by Gasteiger charge is -2.03. The molecule has 0 saturated carbocycles. The number of alkyl halides is 1. The first-order valence-corrected chi connectivity index (χ1v) is 6.78. The van der Waals surface area contributed by atoms with Gasteiger partial charge in [-0.1, -0.05) is 29.8 Å². The molecule has 0 N–H and O–H groups in total. The van der Waals surface area contributed by atoms with Crippen LogP contribution in [0.3, 0.4) is 0 Å². The van der Waals surface area contributed by atoms with Gasteiger partial charge in [0.05, 0.1) is 11.5 Å². The van der Waals surface area contributed by atoms with Gasteiger partial charge in [-0.15, -0.1) is 11.6 Å². The number of hydrogen-bond acceptors (Lipinski definition) is 2. The summed E-state index contributed by atoms with van der Waals surface area (Å²) in [5.41, 5.74) is 0.624. The summed E-state index contributed by atoms with van der Waals surface area (Å²) in [4.78, 5) is 0. The van der Waals surface area contributed by atoms with E-state index in [2.05, 4.69) is 0 Å². The second-order valence-electron chi connectivity index (χ2n) is 2.87. The highest BCUT2D eigenvalue weighted by Crippen LogP contribution is 2.17. The minimum Gasteiger partial charge on any atom is -0.228 e. The van der Waals surface area contributed by atoms with Crippen LogP contribution >= 0.6 is 23.2 Å². The first kappa shape index (κ1) is 11.8. The van der Waals surface area contributed by atoms with Gasteiger partial charge in [0.15, 0.2) is 9.84 Å². The van der Waals surface area contributed by atoms with E-state index in [0.717, 1.165) is 0 Å². The molecule has 0 radical (unpaired) electrons. The van der Waals surface area contributed by atoms with E-state index in [1.165, 1.54) is 0 Å². The third-order valence-electron chi connectivity index (χ3n) is 1.72. The van der Waals surface area contributed by atoms with Crippen molar-refractivity contribution in [2.45, 2.75) is 5.75 Å². The van der Waals surface area contributed by atoms with E-state index in [9.17, 15) is 8.42 Å². The minimum absolute atomic E-state index is 0.0141. The van der Waals surface area contributed by atoms with Gasteiger partial charge in [0.2, 0.25) is 0 Å². The van der Waals surface area contributed by atoms with E-state index < -0.39 is 9.84 Å². The fourth-order valence-electron chi connectivity index (χ4n) is 1.04. The number of rotatable bonds is 4. The lowest BCUT2D eigenvalue weighted by Crippen LogP contribution is -2.10. The number of sulfone groups is 1. The molecule has 0 saturated heterocycles. The Labute approximate surface area is 93.8 Å². The molecule has 2 nitrogen and oxygen atoms in total. The van der Waals surface area contributed by atoms with Gasteiger partial charge < -0.3 is 0 Å². The van der Waals surface area contributed by atoms with Gasteiger partial charge in [0.25, 0.3) is 0 Å². The van der Waals surface area contributed by atoms with Crippen molar-refractivity contribution < 1.29 is 8.42 Å². The molecule has 1 aromatic carbocycles. The van der Waals surface area contributed by atoms with Crippen molar-refractivity contribution in [3.8, 4) is 0 Å². The topological polar surface area (TPSA) is 34.1 Å². The molecule has 1 aromatic rings. The Bertz CT molecular complexity index is 401. The van der Waals surface area contributed by atoms with Crippen LogP contribution in [0.4, 0.5) is 0 Å². The van der Waals surface area contributed by atoms with Gasteiger partial charge >= 0.3 is 0 Å². The van der Waals surface area contributed by atoms with Crippen LogP contribution in [0.15, 0.2) is 24.3 Å². The molecule has 0 aromatic heterocycles. The van der Waals surface area contributed by atoms with Crippen LogP contribution in [0.5, 0.6) is 0 Å². The summed E-state index contributed by atoms with van der Waals surface area (Å²) in [6.07, 6.45) is 0. The fourth-order valence-corrected chi connectivity index (χ4v) is 3.13. The minimum atomic E-state index is -3.12. The van der Waals surface area contributed by atoms with E-state index in [1.807, 2.05) is 0 Å². The molecule has 0 heterocycles. The summed E-state index contributed by atoms with van der Waals surface area (Å²) in [5, 5.41) is 0.477. The van der Waals surface area contributed by atoms with Crippen LogP contribution in [0.25, 0.3) is 0 Å². The zero-order valence-corrected chi connectivity index (χ0v) is 9.74. The zero-order chi connectivity index (χ0) is 10.6. The molecule has 1 rings (SSSR count). The van der Waals surface area contributed by atoms with Gasteiger partial charge in [-0.25, -0.2) is 8.42 Å². The first-order valence-electron chi connectivity index (χ1n) is 4.05. The van der Waals surface area contributed by atoms with Gasteiger partial charge in [-0.2, -0.15) is 0 Å². The van der Waals surface area contributed by atoms with Crippen LogP contribution in [-0.2, 0) is 15.6 Å². The highest BCUT2D eigenvalue weighted by atomic mass is 35.5. The average Bonchev–Trinajstić information content (AvgIpc) is 2.08. The maximum Gasteiger partial charge on any atom is 0.155 e. The Hall–Kier alpha value is -0.250. The highest BCUT2D eigenvalue weighted by Gasteiger charge is 2.12.